The minimum atomic E-state index is 0.163. The molecule has 1 atom stereocenters. The predicted molar refractivity (Wildman–Crippen MR) is 123 cm³/mol. The third-order valence-electron chi connectivity index (χ3n) is 6.42. The van der Waals surface area contributed by atoms with Gasteiger partial charge in [0.05, 0.1) is 12.8 Å². The molecule has 2 aliphatic rings. The fourth-order valence-corrected chi connectivity index (χ4v) is 4.55. The molecule has 6 heteroatoms. The van der Waals surface area contributed by atoms with Gasteiger partial charge in [0.1, 0.15) is 5.75 Å². The Balaban J connectivity index is 1.54. The second-order valence-corrected chi connectivity index (χ2v) is 8.67. The number of piperidine rings is 1. The average molecular weight is 421 g/mol. The third kappa shape index (κ3) is 4.73. The van der Waals surface area contributed by atoms with Gasteiger partial charge in [-0.05, 0) is 49.8 Å². The lowest BCUT2D eigenvalue weighted by Gasteiger charge is -2.35. The Kier molecular flexibility index (Phi) is 6.54. The van der Waals surface area contributed by atoms with E-state index in [-0.39, 0.29) is 5.92 Å². The van der Waals surface area contributed by atoms with Crippen LogP contribution in [0.5, 0.6) is 5.75 Å². The van der Waals surface area contributed by atoms with E-state index in [1.807, 2.05) is 37.3 Å². The minimum Gasteiger partial charge on any atom is -0.497 e. The third-order valence-corrected chi connectivity index (χ3v) is 6.42. The summed E-state index contributed by atoms with van der Waals surface area (Å²) in [5, 5.41) is 0. The van der Waals surface area contributed by atoms with Crippen molar-refractivity contribution in [2.24, 2.45) is 5.92 Å². The smallest absolute Gasteiger partial charge is 0.226 e. The Bertz CT molecular complexity index is 931. The SMILES string of the molecule is COc1ccc(-c2cnc(N(C)C)nc2C2CCN(C(=O)C3CC=CCC3)CC2)cc1. The van der Waals surface area contributed by atoms with Crippen molar-refractivity contribution in [1.29, 1.82) is 0 Å². The van der Waals surface area contributed by atoms with Gasteiger partial charge in [-0.25, -0.2) is 9.97 Å². The first-order valence-corrected chi connectivity index (χ1v) is 11.2. The second-order valence-electron chi connectivity index (χ2n) is 8.67. The van der Waals surface area contributed by atoms with Gasteiger partial charge in [-0.2, -0.15) is 0 Å². The van der Waals surface area contributed by atoms with Crippen LogP contribution in [0.4, 0.5) is 5.95 Å². The Labute approximate surface area is 184 Å². The summed E-state index contributed by atoms with van der Waals surface area (Å²) >= 11 is 0. The standard InChI is InChI=1S/C25H32N4O2/c1-28(2)25-26-17-22(18-9-11-21(31-3)12-10-18)23(27-25)19-13-15-29(16-14-19)24(30)20-7-5-4-6-8-20/h4-5,9-12,17,19-20H,6-8,13-16H2,1-3H3. The first kappa shape index (κ1) is 21.3. The van der Waals surface area contributed by atoms with E-state index in [9.17, 15) is 4.79 Å². The first-order valence-electron chi connectivity index (χ1n) is 11.2. The highest BCUT2D eigenvalue weighted by Gasteiger charge is 2.30. The number of anilines is 1. The second kappa shape index (κ2) is 9.50. The Morgan fingerprint density at radius 3 is 2.45 bits per heavy atom. The van der Waals surface area contributed by atoms with Crippen molar-refractivity contribution in [3.05, 3.63) is 48.3 Å². The number of amides is 1. The maximum atomic E-state index is 12.9. The van der Waals surface area contributed by atoms with Gasteiger partial charge >= 0.3 is 0 Å². The molecule has 6 nitrogen and oxygen atoms in total. The summed E-state index contributed by atoms with van der Waals surface area (Å²) in [6.07, 6.45) is 11.0. The van der Waals surface area contributed by atoms with E-state index >= 15 is 0 Å². The zero-order valence-electron chi connectivity index (χ0n) is 18.8. The molecule has 164 valence electrons. The lowest BCUT2D eigenvalue weighted by atomic mass is 9.87. The highest BCUT2D eigenvalue weighted by Crippen LogP contribution is 2.36. The van der Waals surface area contributed by atoms with Crippen LogP contribution in [0, 0.1) is 5.92 Å². The van der Waals surface area contributed by atoms with Gasteiger partial charge in [-0.15, -0.1) is 0 Å². The van der Waals surface area contributed by atoms with Gasteiger partial charge in [-0.1, -0.05) is 24.3 Å². The van der Waals surface area contributed by atoms with E-state index in [2.05, 4.69) is 34.2 Å². The molecule has 1 amide bonds. The number of likely N-dealkylation sites (tertiary alicyclic amines) is 1. The number of allylic oxidation sites excluding steroid dienone is 2. The molecule has 1 aliphatic carbocycles. The number of nitrogens with zero attached hydrogens (tertiary/aromatic N) is 4. The zero-order chi connectivity index (χ0) is 21.8. The first-order chi connectivity index (χ1) is 15.1. The van der Waals surface area contributed by atoms with E-state index in [4.69, 9.17) is 9.72 Å². The van der Waals surface area contributed by atoms with Crippen molar-refractivity contribution >= 4 is 11.9 Å². The van der Waals surface area contributed by atoms with Crippen LogP contribution in [0.1, 0.15) is 43.7 Å². The molecule has 2 heterocycles. The summed E-state index contributed by atoms with van der Waals surface area (Å²) in [6, 6.07) is 8.06. The molecule has 1 saturated heterocycles. The topological polar surface area (TPSA) is 58.6 Å². The highest BCUT2D eigenvalue weighted by molar-refractivity contribution is 5.79. The summed E-state index contributed by atoms with van der Waals surface area (Å²) in [5.74, 6) is 2.36. The van der Waals surface area contributed by atoms with Crippen LogP contribution < -0.4 is 9.64 Å². The zero-order valence-corrected chi connectivity index (χ0v) is 18.8. The number of rotatable bonds is 5. The molecule has 31 heavy (non-hydrogen) atoms. The molecule has 2 aromatic rings. The van der Waals surface area contributed by atoms with E-state index in [1.54, 1.807) is 7.11 Å². The molecule has 0 radical (unpaired) electrons. The van der Waals surface area contributed by atoms with Gasteiger partial charge in [0, 0.05) is 50.8 Å². The van der Waals surface area contributed by atoms with Crippen LogP contribution in [0.2, 0.25) is 0 Å². The van der Waals surface area contributed by atoms with Crippen molar-refractivity contribution in [2.75, 3.05) is 39.2 Å². The lowest BCUT2D eigenvalue weighted by Crippen LogP contribution is -2.41. The van der Waals surface area contributed by atoms with Crippen LogP contribution in [-0.4, -0.2) is 55.1 Å². The van der Waals surface area contributed by atoms with Crippen LogP contribution >= 0.6 is 0 Å². The van der Waals surface area contributed by atoms with Gasteiger partial charge in [0.15, 0.2) is 0 Å². The van der Waals surface area contributed by atoms with Gasteiger partial charge < -0.3 is 14.5 Å². The van der Waals surface area contributed by atoms with Gasteiger partial charge in [0.2, 0.25) is 11.9 Å². The van der Waals surface area contributed by atoms with Gasteiger partial charge in [0.25, 0.3) is 0 Å². The molecule has 0 bridgehead atoms. The summed E-state index contributed by atoms with van der Waals surface area (Å²) < 4.78 is 5.31. The Morgan fingerprint density at radius 2 is 1.84 bits per heavy atom. The van der Waals surface area contributed by atoms with Crippen molar-refractivity contribution < 1.29 is 9.53 Å². The number of aromatic nitrogens is 2. The largest absolute Gasteiger partial charge is 0.497 e. The maximum absolute atomic E-state index is 12.9. The van der Waals surface area contributed by atoms with Gasteiger partial charge in [-0.3, -0.25) is 4.79 Å². The maximum Gasteiger partial charge on any atom is 0.226 e. The molecular weight excluding hydrogens is 388 g/mol. The molecule has 1 aromatic heterocycles. The fraction of sp³-hybridized carbons (Fsp3) is 0.480. The molecule has 1 fully saturated rings. The number of benzene rings is 1. The number of carbonyl (C=O) groups is 1. The van der Waals surface area contributed by atoms with Crippen LogP contribution in [0.3, 0.4) is 0 Å². The minimum absolute atomic E-state index is 0.163. The molecule has 0 saturated carbocycles. The number of carbonyl (C=O) groups excluding carboxylic acids is 1. The highest BCUT2D eigenvalue weighted by atomic mass is 16.5. The quantitative estimate of drug-likeness (QED) is 0.676. The van der Waals surface area contributed by atoms with E-state index in [1.165, 1.54) is 0 Å². The number of hydrogen-bond acceptors (Lipinski definition) is 5. The number of methoxy groups -OCH3 is 1. The van der Waals surface area contributed by atoms with E-state index < -0.39 is 0 Å². The molecule has 0 spiro atoms. The lowest BCUT2D eigenvalue weighted by molar-refractivity contribution is -0.136. The van der Waals surface area contributed by atoms with E-state index in [0.717, 1.165) is 73.7 Å². The Morgan fingerprint density at radius 1 is 1.10 bits per heavy atom. The Hall–Kier alpha value is -2.89. The van der Waals surface area contributed by atoms with Crippen molar-refractivity contribution in [1.82, 2.24) is 14.9 Å². The number of hydrogen-bond donors (Lipinski definition) is 0. The molecule has 1 unspecified atom stereocenters. The van der Waals surface area contributed by atoms with Crippen LogP contribution in [-0.2, 0) is 4.79 Å². The predicted octanol–water partition coefficient (Wildman–Crippen LogP) is 4.28. The fourth-order valence-electron chi connectivity index (χ4n) is 4.55. The van der Waals surface area contributed by atoms with E-state index in [0.29, 0.717) is 11.8 Å². The molecule has 4 rings (SSSR count). The summed E-state index contributed by atoms with van der Waals surface area (Å²) in [5.41, 5.74) is 3.24. The number of ether oxygens (including phenoxy) is 1. The van der Waals surface area contributed by atoms with Crippen LogP contribution in [0.15, 0.2) is 42.6 Å². The summed E-state index contributed by atoms with van der Waals surface area (Å²) in [4.78, 5) is 26.5. The molecule has 0 N–H and O–H groups in total. The molecule has 1 aromatic carbocycles. The van der Waals surface area contributed by atoms with Crippen molar-refractivity contribution in [3.63, 3.8) is 0 Å². The molecule has 1 aliphatic heterocycles. The molecular formula is C25H32N4O2. The monoisotopic (exact) mass is 420 g/mol. The normalized spacial score (nSPS) is 19.3. The van der Waals surface area contributed by atoms with Crippen molar-refractivity contribution in [2.45, 2.75) is 38.0 Å². The van der Waals surface area contributed by atoms with Crippen molar-refractivity contribution in [3.8, 4) is 16.9 Å². The summed E-state index contributed by atoms with van der Waals surface area (Å²) in [6.45, 7) is 1.60. The average Bonchev–Trinajstić information content (AvgIpc) is 2.84. The summed E-state index contributed by atoms with van der Waals surface area (Å²) in [7, 11) is 5.60. The van der Waals surface area contributed by atoms with Crippen LogP contribution in [0.25, 0.3) is 11.1 Å².